The minimum atomic E-state index is -2.31. The van der Waals surface area contributed by atoms with Gasteiger partial charge in [0.25, 0.3) is 0 Å². The Balaban J connectivity index is 6.69. The summed E-state index contributed by atoms with van der Waals surface area (Å²) in [5.74, 6) is -23.4. The Bertz CT molecular complexity index is 2450. The summed E-state index contributed by atoms with van der Waals surface area (Å²) in [7, 11) is 0. The van der Waals surface area contributed by atoms with Crippen LogP contribution in [0.4, 0.5) is 0 Å². The van der Waals surface area contributed by atoms with Gasteiger partial charge in [0.05, 0.1) is 31.9 Å². The van der Waals surface area contributed by atoms with Crippen molar-refractivity contribution in [2.24, 2.45) is 28.1 Å². The minimum absolute atomic E-state index is 0.0701. The number of thiol groups is 1. The van der Waals surface area contributed by atoms with Gasteiger partial charge in [0, 0.05) is 25.1 Å². The monoisotopic (exact) mass is 1220 g/mol. The molecule has 23 N–H and O–H groups in total. The molecule has 11 atom stereocenters. The molecule has 0 radical (unpaired) electrons. The fourth-order valence-electron chi connectivity index (χ4n) is 6.96. The van der Waals surface area contributed by atoms with E-state index in [0.29, 0.717) is 0 Å². The summed E-state index contributed by atoms with van der Waals surface area (Å²) in [5, 5.41) is 87.5. The third kappa shape index (κ3) is 30.2. The molecular formula is C46H74N14O23S. The summed E-state index contributed by atoms with van der Waals surface area (Å²) in [4.78, 5) is 208. The zero-order valence-corrected chi connectivity index (χ0v) is 46.8. The minimum Gasteiger partial charge on any atom is -0.481 e. The number of carboxylic acid groups (broad SMARTS) is 6. The van der Waals surface area contributed by atoms with Crippen molar-refractivity contribution in [3.8, 4) is 0 Å². The largest absolute Gasteiger partial charge is 0.481 e. The Morgan fingerprint density at radius 3 is 1.06 bits per heavy atom. The maximum absolute atomic E-state index is 13.8. The lowest BCUT2D eigenvalue weighted by Gasteiger charge is -2.27. The van der Waals surface area contributed by atoms with E-state index in [9.17, 15) is 112 Å². The van der Waals surface area contributed by atoms with Gasteiger partial charge >= 0.3 is 35.8 Å². The van der Waals surface area contributed by atoms with Crippen LogP contribution in [-0.4, -0.2) is 222 Å². The van der Waals surface area contributed by atoms with E-state index in [1.807, 2.05) is 21.3 Å². The standard InChI is InChI=1S/C46H74N14O23S/c1-18(2)12-25(56-35(72)19(3)51-37(74)21(47)17-84)41(78)55-24(8-10-31(64)65)40(77)54-23(7-9-30(62)63)38(75)52-20(4)36(73)57-26(13-32(66)67)43(80)59-28(15-34(70)71)44(81)58-27(14-33(68)69)42(79)53-22(6-5-11-50-46(48)49)39(76)60-29(16-61)45(82)83/h18-29,61,84H,5-17,47H2,1-4H3,(H,51,74)(H,52,75)(H,53,79)(H,54,77)(H,55,78)(H,56,72)(H,57,73)(H,58,81)(H,59,80)(H,60,76)(H,62,63)(H,64,65)(H,66,67)(H,68,69)(H,70,71)(H,82,83)(H4,48,49,50)/t19-,20-,21-,22-,23-,24-,25-,26-,27-,28-,29-/m0/s1. The third-order valence-corrected chi connectivity index (χ3v) is 11.7. The second kappa shape index (κ2) is 38.0. The van der Waals surface area contributed by atoms with Gasteiger partial charge in [-0.1, -0.05) is 13.8 Å². The highest BCUT2D eigenvalue weighted by Crippen LogP contribution is 2.10. The highest BCUT2D eigenvalue weighted by atomic mass is 32.1. The number of nitrogens with one attached hydrogen (secondary N) is 10. The predicted molar refractivity (Wildman–Crippen MR) is 287 cm³/mol. The molecule has 0 aromatic heterocycles. The number of guanidine groups is 1. The number of aliphatic carboxylic acids is 6. The number of aliphatic imine (C=N–C) groups is 1. The Hall–Kier alpha value is -8.94. The van der Waals surface area contributed by atoms with E-state index in [0.717, 1.165) is 6.92 Å². The van der Waals surface area contributed by atoms with Crippen LogP contribution in [0.5, 0.6) is 0 Å². The molecule has 0 heterocycles. The van der Waals surface area contributed by atoms with Gasteiger partial charge in [-0.25, -0.2) is 4.79 Å². The molecule has 0 fully saturated rings. The van der Waals surface area contributed by atoms with E-state index in [-0.39, 0.29) is 43.4 Å². The smallest absolute Gasteiger partial charge is 0.328 e. The third-order valence-electron chi connectivity index (χ3n) is 11.3. The number of nitrogens with two attached hydrogens (primary N) is 3. The zero-order chi connectivity index (χ0) is 64.7. The predicted octanol–water partition coefficient (Wildman–Crippen LogP) is -8.54. The summed E-state index contributed by atoms with van der Waals surface area (Å²) in [6.07, 6.45) is -7.50. The van der Waals surface area contributed by atoms with Gasteiger partial charge in [0.15, 0.2) is 5.96 Å². The summed E-state index contributed by atoms with van der Waals surface area (Å²) in [5.41, 5.74) is 16.2. The van der Waals surface area contributed by atoms with Crippen molar-refractivity contribution in [2.75, 3.05) is 18.9 Å². The molecule has 0 saturated carbocycles. The van der Waals surface area contributed by atoms with E-state index >= 15 is 0 Å². The number of carbonyl (C=O) groups is 16. The van der Waals surface area contributed by atoms with Crippen LogP contribution in [-0.2, 0) is 76.7 Å². The van der Waals surface area contributed by atoms with Gasteiger partial charge in [-0.15, -0.1) is 0 Å². The Morgan fingerprint density at radius 2 is 0.726 bits per heavy atom. The van der Waals surface area contributed by atoms with Crippen LogP contribution in [0.2, 0.25) is 0 Å². The molecule has 10 amide bonds. The molecule has 0 spiro atoms. The molecule has 472 valence electrons. The molecule has 0 aliphatic rings. The van der Waals surface area contributed by atoms with Crippen LogP contribution in [0.15, 0.2) is 4.99 Å². The average Bonchev–Trinajstić information content (AvgIpc) is 3.47. The van der Waals surface area contributed by atoms with E-state index in [4.69, 9.17) is 17.2 Å². The number of hydrogen-bond donors (Lipinski definition) is 21. The van der Waals surface area contributed by atoms with Gasteiger partial charge in [-0.3, -0.25) is 76.9 Å². The number of hydrogen-bond acceptors (Lipinski definition) is 20. The van der Waals surface area contributed by atoms with E-state index in [1.165, 1.54) is 6.92 Å². The first kappa shape index (κ1) is 75.1. The van der Waals surface area contributed by atoms with Crippen molar-refractivity contribution in [1.82, 2.24) is 53.2 Å². The highest BCUT2D eigenvalue weighted by molar-refractivity contribution is 7.80. The SMILES string of the molecule is CC(C)C[C@H](NC(=O)[C@H](C)NC(=O)[C@@H](N)CS)C(=O)N[C@@H](CCC(=O)O)C(=O)N[C@@H](CCC(=O)O)C(=O)N[C@@H](C)C(=O)N[C@@H](CC(=O)O)C(=O)N[C@@H](CC(=O)O)C(=O)N[C@@H](CC(=O)O)C(=O)N[C@@H](CCCN=C(N)N)C(=O)N[C@@H](CO)C(=O)O. The van der Waals surface area contributed by atoms with Gasteiger partial charge < -0.3 is 106 Å². The van der Waals surface area contributed by atoms with Crippen molar-refractivity contribution in [1.29, 1.82) is 0 Å². The lowest BCUT2D eigenvalue weighted by molar-refractivity contribution is -0.145. The summed E-state index contributed by atoms with van der Waals surface area (Å²) >= 11 is 3.92. The first-order valence-corrected chi connectivity index (χ1v) is 26.0. The molecular weight excluding hydrogens is 1150 g/mol. The fraction of sp³-hybridized carbons (Fsp3) is 0.630. The molecule has 0 unspecified atom stereocenters. The van der Waals surface area contributed by atoms with Crippen LogP contribution in [0.3, 0.4) is 0 Å². The molecule has 0 aliphatic heterocycles. The Morgan fingerprint density at radius 1 is 0.417 bits per heavy atom. The van der Waals surface area contributed by atoms with E-state index < -0.39 is 213 Å². The molecule has 37 nitrogen and oxygen atoms in total. The Labute approximate surface area is 483 Å². The summed E-state index contributed by atoms with van der Waals surface area (Å²) in [6.45, 7) is 4.28. The first-order valence-electron chi connectivity index (χ1n) is 25.4. The molecule has 84 heavy (non-hydrogen) atoms. The van der Waals surface area contributed by atoms with Crippen molar-refractivity contribution in [3.05, 3.63) is 0 Å². The zero-order valence-electron chi connectivity index (χ0n) is 45.9. The number of aliphatic hydroxyl groups is 1. The van der Waals surface area contributed by atoms with Crippen LogP contribution in [0.1, 0.15) is 91.9 Å². The van der Waals surface area contributed by atoms with E-state index in [1.54, 1.807) is 13.8 Å². The maximum Gasteiger partial charge on any atom is 0.328 e. The van der Waals surface area contributed by atoms with Gasteiger partial charge in [-0.2, -0.15) is 12.6 Å². The molecule has 0 rings (SSSR count). The molecule has 0 saturated heterocycles. The number of rotatable bonds is 41. The normalized spacial score (nSPS) is 14.8. The molecule has 0 aliphatic carbocycles. The van der Waals surface area contributed by atoms with Crippen molar-refractivity contribution >= 4 is 113 Å². The van der Waals surface area contributed by atoms with Gasteiger partial charge in [0.2, 0.25) is 59.1 Å². The Kier molecular flexibility index (Phi) is 33.9. The molecule has 0 aromatic carbocycles. The lowest BCUT2D eigenvalue weighted by atomic mass is 10.0. The second-order valence-electron chi connectivity index (χ2n) is 19.0. The van der Waals surface area contributed by atoms with Crippen LogP contribution >= 0.6 is 12.6 Å². The lowest BCUT2D eigenvalue weighted by Crippen LogP contribution is -2.61. The average molecular weight is 1220 g/mol. The van der Waals surface area contributed by atoms with Crippen LogP contribution < -0.4 is 70.4 Å². The first-order chi connectivity index (χ1) is 39.0. The summed E-state index contributed by atoms with van der Waals surface area (Å²) in [6, 6.07) is -19.7. The number of carboxylic acids is 6. The summed E-state index contributed by atoms with van der Waals surface area (Å²) < 4.78 is 0. The van der Waals surface area contributed by atoms with Crippen LogP contribution in [0, 0.1) is 5.92 Å². The quantitative estimate of drug-likeness (QED) is 0.0117. The van der Waals surface area contributed by atoms with Crippen molar-refractivity contribution in [3.63, 3.8) is 0 Å². The molecule has 0 aromatic rings. The van der Waals surface area contributed by atoms with Gasteiger partial charge in [-0.05, 0) is 51.9 Å². The maximum atomic E-state index is 13.8. The number of aliphatic hydroxyl groups excluding tert-OH is 1. The van der Waals surface area contributed by atoms with Crippen LogP contribution in [0.25, 0.3) is 0 Å². The highest BCUT2D eigenvalue weighted by Gasteiger charge is 2.37. The van der Waals surface area contributed by atoms with Crippen molar-refractivity contribution < 1.29 is 112 Å². The topological polar surface area (TPSA) is 625 Å². The second-order valence-corrected chi connectivity index (χ2v) is 19.4. The molecule has 38 heteroatoms. The number of carbonyl (C=O) groups excluding carboxylic acids is 10. The number of amides is 10. The van der Waals surface area contributed by atoms with E-state index in [2.05, 4.69) is 49.5 Å². The fourth-order valence-corrected chi connectivity index (χ4v) is 7.13. The molecule has 0 bridgehead atoms. The van der Waals surface area contributed by atoms with Gasteiger partial charge in [0.1, 0.15) is 60.4 Å². The number of nitrogens with zero attached hydrogens (tertiary/aromatic N) is 1. The van der Waals surface area contributed by atoms with Crippen molar-refractivity contribution in [2.45, 2.75) is 158 Å².